The average Bonchev–Trinajstić information content (AvgIpc) is 2.47. The van der Waals surface area contributed by atoms with Gasteiger partial charge in [-0.15, -0.1) is 12.4 Å². The number of carbonyl (C=O) groups is 1. The maximum atomic E-state index is 12.1. The molecule has 5 N–H and O–H groups in total. The fourth-order valence-electron chi connectivity index (χ4n) is 2.79. The maximum Gasteiger partial charge on any atom is 0.238 e. The molecule has 0 heterocycles. The molecule has 1 aliphatic rings. The highest BCUT2D eigenvalue weighted by molar-refractivity contribution is 7.89. The molecule has 2 rings (SSSR count). The molecule has 1 amide bonds. The number of halogens is 1. The highest BCUT2D eigenvalue weighted by atomic mass is 35.5. The number of carbonyl (C=O) groups excluding carboxylic acids is 1. The Morgan fingerprint density at radius 1 is 1.22 bits per heavy atom. The molecule has 0 bridgehead atoms. The van der Waals surface area contributed by atoms with Crippen LogP contribution in [0.2, 0.25) is 0 Å². The Hall–Kier alpha value is -1.15. The monoisotopic (exact) mass is 361 g/mol. The molecule has 6 nitrogen and oxygen atoms in total. The third-order valence-electron chi connectivity index (χ3n) is 4.05. The van der Waals surface area contributed by atoms with Gasteiger partial charge in [0.15, 0.2) is 0 Å². The van der Waals surface area contributed by atoms with E-state index in [9.17, 15) is 13.2 Å². The number of rotatable bonds is 5. The lowest BCUT2D eigenvalue weighted by Crippen LogP contribution is -2.38. The molecular formula is C15H24ClN3O3S. The van der Waals surface area contributed by atoms with Gasteiger partial charge >= 0.3 is 0 Å². The Morgan fingerprint density at radius 2 is 1.87 bits per heavy atom. The predicted octanol–water partition coefficient (Wildman–Crippen LogP) is 0.932. The van der Waals surface area contributed by atoms with E-state index >= 15 is 0 Å². The number of sulfonamides is 1. The van der Waals surface area contributed by atoms with E-state index in [4.69, 9.17) is 10.9 Å². The molecule has 23 heavy (non-hydrogen) atoms. The second kappa shape index (κ2) is 8.63. The van der Waals surface area contributed by atoms with E-state index in [2.05, 4.69) is 5.32 Å². The van der Waals surface area contributed by atoms with Gasteiger partial charge in [0.1, 0.15) is 0 Å². The number of hydrogen-bond donors (Lipinski definition) is 3. The first-order valence-electron chi connectivity index (χ1n) is 7.51. The van der Waals surface area contributed by atoms with Gasteiger partial charge in [0.05, 0.1) is 4.90 Å². The van der Waals surface area contributed by atoms with Crippen molar-refractivity contribution in [3.63, 3.8) is 0 Å². The molecule has 0 saturated heterocycles. The largest absolute Gasteiger partial charge is 0.356 e. The highest BCUT2D eigenvalue weighted by Crippen LogP contribution is 2.23. The molecule has 8 heteroatoms. The van der Waals surface area contributed by atoms with Crippen LogP contribution >= 0.6 is 12.4 Å². The lowest BCUT2D eigenvalue weighted by Gasteiger charge is -2.25. The summed E-state index contributed by atoms with van der Waals surface area (Å²) in [6, 6.07) is 6.51. The zero-order chi connectivity index (χ0) is 16.2. The third-order valence-corrected chi connectivity index (χ3v) is 4.98. The van der Waals surface area contributed by atoms with Crippen molar-refractivity contribution in [1.82, 2.24) is 5.32 Å². The smallest absolute Gasteiger partial charge is 0.238 e. The van der Waals surface area contributed by atoms with Crippen LogP contribution in [0, 0.1) is 5.92 Å². The molecule has 130 valence electrons. The van der Waals surface area contributed by atoms with E-state index in [1.54, 1.807) is 12.1 Å². The van der Waals surface area contributed by atoms with Gasteiger partial charge in [-0.2, -0.15) is 0 Å². The Morgan fingerprint density at radius 3 is 2.43 bits per heavy atom. The van der Waals surface area contributed by atoms with Gasteiger partial charge in [0.2, 0.25) is 15.9 Å². The van der Waals surface area contributed by atoms with E-state index in [0.29, 0.717) is 13.0 Å². The van der Waals surface area contributed by atoms with Gasteiger partial charge in [0.25, 0.3) is 0 Å². The van der Waals surface area contributed by atoms with Gasteiger partial charge in [0, 0.05) is 18.5 Å². The summed E-state index contributed by atoms with van der Waals surface area (Å²) in [5.41, 5.74) is 6.84. The van der Waals surface area contributed by atoms with Crippen molar-refractivity contribution in [2.75, 3.05) is 6.54 Å². The minimum atomic E-state index is -3.65. The number of nitrogens with two attached hydrogens (primary N) is 2. The summed E-state index contributed by atoms with van der Waals surface area (Å²) < 4.78 is 22.3. The zero-order valence-corrected chi connectivity index (χ0v) is 14.5. The summed E-state index contributed by atoms with van der Waals surface area (Å²) in [4.78, 5) is 12.2. The molecule has 1 aromatic rings. The molecule has 0 radical (unpaired) electrons. The SMILES string of the molecule is Cl.NC1CCCC(C(=O)NCCc2ccc(S(N)(=O)=O)cc2)C1. The fraction of sp³-hybridized carbons (Fsp3) is 0.533. The van der Waals surface area contributed by atoms with Gasteiger partial charge < -0.3 is 11.1 Å². The van der Waals surface area contributed by atoms with Crippen molar-refractivity contribution >= 4 is 28.3 Å². The summed E-state index contributed by atoms with van der Waals surface area (Å²) >= 11 is 0. The van der Waals surface area contributed by atoms with Crippen LogP contribution < -0.4 is 16.2 Å². The Bertz CT molecular complexity index is 619. The van der Waals surface area contributed by atoms with Crippen LogP contribution in [0.1, 0.15) is 31.2 Å². The van der Waals surface area contributed by atoms with E-state index in [1.165, 1.54) is 12.1 Å². The zero-order valence-electron chi connectivity index (χ0n) is 12.9. The van der Waals surface area contributed by atoms with Gasteiger partial charge in [-0.3, -0.25) is 4.79 Å². The van der Waals surface area contributed by atoms with Crippen molar-refractivity contribution < 1.29 is 13.2 Å². The molecule has 2 atom stereocenters. The van der Waals surface area contributed by atoms with Crippen LogP contribution in [0.15, 0.2) is 29.2 Å². The van der Waals surface area contributed by atoms with Crippen LogP contribution in [0.5, 0.6) is 0 Å². The first-order valence-corrected chi connectivity index (χ1v) is 9.06. The lowest BCUT2D eigenvalue weighted by molar-refractivity contribution is -0.126. The molecule has 0 spiro atoms. The van der Waals surface area contributed by atoms with E-state index in [1.807, 2.05) is 0 Å². The van der Waals surface area contributed by atoms with Crippen LogP contribution in [0.3, 0.4) is 0 Å². The molecule has 0 aliphatic heterocycles. The number of hydrogen-bond acceptors (Lipinski definition) is 4. The van der Waals surface area contributed by atoms with Gasteiger partial charge in [-0.25, -0.2) is 13.6 Å². The Kier molecular flexibility index (Phi) is 7.47. The first kappa shape index (κ1) is 19.9. The molecular weight excluding hydrogens is 338 g/mol. The van der Waals surface area contributed by atoms with Crippen LogP contribution in [-0.4, -0.2) is 26.9 Å². The summed E-state index contributed by atoms with van der Waals surface area (Å²) in [5, 5.41) is 7.97. The van der Waals surface area contributed by atoms with Crippen molar-refractivity contribution in [3.8, 4) is 0 Å². The summed E-state index contributed by atoms with van der Waals surface area (Å²) in [6.07, 6.45) is 4.32. The molecule has 2 unspecified atom stereocenters. The van der Waals surface area contributed by atoms with E-state index < -0.39 is 10.0 Å². The van der Waals surface area contributed by atoms with Gasteiger partial charge in [-0.05, 0) is 43.4 Å². The second-order valence-electron chi connectivity index (χ2n) is 5.85. The maximum absolute atomic E-state index is 12.1. The second-order valence-corrected chi connectivity index (χ2v) is 7.42. The third kappa shape index (κ3) is 6.10. The highest BCUT2D eigenvalue weighted by Gasteiger charge is 2.24. The first-order chi connectivity index (χ1) is 10.4. The average molecular weight is 362 g/mol. The Labute approximate surface area is 143 Å². The minimum absolute atomic E-state index is 0. The van der Waals surface area contributed by atoms with Gasteiger partial charge in [-0.1, -0.05) is 18.6 Å². The molecule has 1 saturated carbocycles. The topological polar surface area (TPSA) is 115 Å². The lowest BCUT2D eigenvalue weighted by atomic mass is 9.85. The summed E-state index contributed by atoms with van der Waals surface area (Å²) in [6.45, 7) is 0.527. The van der Waals surface area contributed by atoms with Crippen LogP contribution in [0.25, 0.3) is 0 Å². The fourth-order valence-corrected chi connectivity index (χ4v) is 3.30. The van der Waals surface area contributed by atoms with Crippen molar-refractivity contribution in [2.45, 2.75) is 43.0 Å². The molecule has 1 aliphatic carbocycles. The van der Waals surface area contributed by atoms with E-state index in [-0.39, 0.29) is 35.2 Å². The molecule has 0 aromatic heterocycles. The predicted molar refractivity (Wildman–Crippen MR) is 91.7 cm³/mol. The van der Waals surface area contributed by atoms with E-state index in [0.717, 1.165) is 31.2 Å². The van der Waals surface area contributed by atoms with Crippen molar-refractivity contribution in [1.29, 1.82) is 0 Å². The Balaban J connectivity index is 0.00000264. The molecule has 1 aromatic carbocycles. The summed E-state index contributed by atoms with van der Waals surface area (Å²) in [7, 11) is -3.65. The minimum Gasteiger partial charge on any atom is -0.356 e. The van der Waals surface area contributed by atoms with Crippen molar-refractivity contribution in [2.24, 2.45) is 16.8 Å². The summed E-state index contributed by atoms with van der Waals surface area (Å²) in [5.74, 6) is 0.0878. The molecule has 1 fully saturated rings. The number of primary sulfonamides is 1. The quantitative estimate of drug-likeness (QED) is 0.723. The standard InChI is InChI=1S/C15H23N3O3S.ClH/c16-13-3-1-2-12(10-13)15(19)18-9-8-11-4-6-14(7-5-11)22(17,20)21;/h4-7,12-13H,1-3,8-10,16H2,(H,18,19)(H2,17,20,21);1H. The number of amides is 1. The number of nitrogens with one attached hydrogen (secondary N) is 1. The van der Waals surface area contributed by atoms with Crippen molar-refractivity contribution in [3.05, 3.63) is 29.8 Å². The normalized spacial score (nSPS) is 21.3. The number of benzene rings is 1. The van der Waals surface area contributed by atoms with Crippen LogP contribution in [-0.2, 0) is 21.2 Å². The van der Waals surface area contributed by atoms with Crippen LogP contribution in [0.4, 0.5) is 0 Å².